The second-order valence-electron chi connectivity index (χ2n) is 3.53. The molecule has 0 saturated carbocycles. The Morgan fingerprint density at radius 3 is 2.72 bits per heavy atom. The Hall–Kier alpha value is -0.950. The van der Waals surface area contributed by atoms with Gasteiger partial charge >= 0.3 is 0 Å². The zero-order valence-electron chi connectivity index (χ0n) is 9.06. The van der Waals surface area contributed by atoms with Gasteiger partial charge in [-0.05, 0) is 40.6 Å². The highest BCUT2D eigenvalue weighted by Gasteiger charge is 2.15. The molecule has 3 nitrogen and oxygen atoms in total. The van der Waals surface area contributed by atoms with E-state index in [4.69, 9.17) is 11.6 Å². The molecule has 0 bridgehead atoms. The third-order valence-electron chi connectivity index (χ3n) is 2.25. The third kappa shape index (κ3) is 3.08. The SMILES string of the molecule is O=S(=O)(NCc1ccsc1)c1ccc(F)c(Cl)c1. The minimum atomic E-state index is -3.67. The fraction of sp³-hybridized carbons (Fsp3) is 0.0909. The van der Waals surface area contributed by atoms with Crippen molar-refractivity contribution in [3.05, 3.63) is 51.4 Å². The number of benzene rings is 1. The summed E-state index contributed by atoms with van der Waals surface area (Å²) in [7, 11) is -3.67. The van der Waals surface area contributed by atoms with Crippen molar-refractivity contribution in [1.29, 1.82) is 0 Å². The quantitative estimate of drug-likeness (QED) is 0.944. The molecule has 0 radical (unpaired) electrons. The monoisotopic (exact) mass is 305 g/mol. The van der Waals surface area contributed by atoms with Crippen molar-refractivity contribution >= 4 is 33.0 Å². The molecular weight excluding hydrogens is 297 g/mol. The average Bonchev–Trinajstić information content (AvgIpc) is 2.83. The molecule has 1 heterocycles. The van der Waals surface area contributed by atoms with Crippen molar-refractivity contribution in [1.82, 2.24) is 4.72 Å². The summed E-state index contributed by atoms with van der Waals surface area (Å²) >= 11 is 7.04. The van der Waals surface area contributed by atoms with Crippen LogP contribution in [0.4, 0.5) is 4.39 Å². The summed E-state index contributed by atoms with van der Waals surface area (Å²) in [6, 6.07) is 5.12. The van der Waals surface area contributed by atoms with Crippen LogP contribution < -0.4 is 4.72 Å². The number of thiophene rings is 1. The highest BCUT2D eigenvalue weighted by atomic mass is 35.5. The lowest BCUT2D eigenvalue weighted by atomic mass is 10.3. The maximum atomic E-state index is 13.0. The molecule has 96 valence electrons. The highest BCUT2D eigenvalue weighted by Crippen LogP contribution is 2.19. The van der Waals surface area contributed by atoms with Crippen LogP contribution >= 0.6 is 22.9 Å². The normalized spacial score (nSPS) is 11.7. The largest absolute Gasteiger partial charge is 0.240 e. The van der Waals surface area contributed by atoms with Crippen molar-refractivity contribution in [2.24, 2.45) is 0 Å². The summed E-state index contributed by atoms with van der Waals surface area (Å²) in [5.74, 6) is -0.645. The first-order valence-corrected chi connectivity index (χ1v) is 7.75. The van der Waals surface area contributed by atoms with Crippen LogP contribution in [0.2, 0.25) is 5.02 Å². The Kier molecular flexibility index (Phi) is 4.01. The van der Waals surface area contributed by atoms with Crippen molar-refractivity contribution in [3.8, 4) is 0 Å². The van der Waals surface area contributed by atoms with Crippen LogP contribution in [0.1, 0.15) is 5.56 Å². The van der Waals surface area contributed by atoms with Crippen LogP contribution in [0.15, 0.2) is 39.9 Å². The Bertz CT molecular complexity index is 641. The number of hydrogen-bond acceptors (Lipinski definition) is 3. The van der Waals surface area contributed by atoms with E-state index in [1.807, 2.05) is 16.8 Å². The summed E-state index contributed by atoms with van der Waals surface area (Å²) in [5, 5.41) is 3.49. The first kappa shape index (κ1) is 13.5. The van der Waals surface area contributed by atoms with E-state index >= 15 is 0 Å². The maximum absolute atomic E-state index is 13.0. The first-order valence-electron chi connectivity index (χ1n) is 4.95. The van der Waals surface area contributed by atoms with Gasteiger partial charge in [-0.1, -0.05) is 11.6 Å². The Labute approximate surface area is 113 Å². The number of hydrogen-bond donors (Lipinski definition) is 1. The van der Waals surface area contributed by atoms with E-state index in [1.165, 1.54) is 17.4 Å². The summed E-state index contributed by atoms with van der Waals surface area (Å²) < 4.78 is 39.2. The van der Waals surface area contributed by atoms with Crippen molar-refractivity contribution in [2.75, 3.05) is 0 Å². The fourth-order valence-electron chi connectivity index (χ4n) is 1.30. The van der Waals surface area contributed by atoms with Gasteiger partial charge in [0.1, 0.15) is 5.82 Å². The van der Waals surface area contributed by atoms with Crippen LogP contribution in [-0.4, -0.2) is 8.42 Å². The lowest BCUT2D eigenvalue weighted by molar-refractivity contribution is 0.580. The van der Waals surface area contributed by atoms with E-state index in [-0.39, 0.29) is 16.5 Å². The number of rotatable bonds is 4. The molecule has 1 aromatic carbocycles. The Balaban J connectivity index is 2.17. The molecule has 7 heteroatoms. The van der Waals surface area contributed by atoms with E-state index < -0.39 is 15.8 Å². The summed E-state index contributed by atoms with van der Waals surface area (Å²) in [4.78, 5) is -0.0517. The summed E-state index contributed by atoms with van der Waals surface area (Å²) in [6.45, 7) is 0.195. The first-order chi connectivity index (χ1) is 8.49. The molecule has 0 spiro atoms. The third-order valence-corrected chi connectivity index (χ3v) is 4.67. The average molecular weight is 306 g/mol. The molecule has 0 unspecified atom stereocenters. The number of nitrogens with one attached hydrogen (secondary N) is 1. The molecule has 2 rings (SSSR count). The van der Waals surface area contributed by atoms with E-state index in [1.54, 1.807) is 0 Å². The molecular formula is C11H9ClFNO2S2. The van der Waals surface area contributed by atoms with E-state index in [9.17, 15) is 12.8 Å². The van der Waals surface area contributed by atoms with Gasteiger partial charge in [-0.2, -0.15) is 11.3 Å². The van der Waals surface area contributed by atoms with Gasteiger partial charge in [0.25, 0.3) is 0 Å². The predicted molar refractivity (Wildman–Crippen MR) is 69.8 cm³/mol. The van der Waals surface area contributed by atoms with E-state index in [2.05, 4.69) is 4.72 Å². The van der Waals surface area contributed by atoms with Gasteiger partial charge < -0.3 is 0 Å². The van der Waals surface area contributed by atoms with Gasteiger partial charge in [-0.15, -0.1) is 0 Å². The standard InChI is InChI=1S/C11H9ClFNO2S2/c12-10-5-9(1-2-11(10)13)18(15,16)14-6-8-3-4-17-7-8/h1-5,7,14H,6H2. The van der Waals surface area contributed by atoms with Crippen LogP contribution in [0.3, 0.4) is 0 Å². The fourth-order valence-corrected chi connectivity index (χ4v) is 3.26. The van der Waals surface area contributed by atoms with E-state index in [0.717, 1.165) is 17.7 Å². The second-order valence-corrected chi connectivity index (χ2v) is 6.49. The predicted octanol–water partition coefficient (Wildman–Crippen LogP) is 3.02. The maximum Gasteiger partial charge on any atom is 0.240 e. The van der Waals surface area contributed by atoms with Crippen LogP contribution in [0.25, 0.3) is 0 Å². The van der Waals surface area contributed by atoms with Gasteiger partial charge in [0, 0.05) is 6.54 Å². The van der Waals surface area contributed by atoms with Gasteiger partial charge in [0.05, 0.1) is 9.92 Å². The molecule has 0 saturated heterocycles. The Morgan fingerprint density at radius 2 is 2.11 bits per heavy atom. The number of sulfonamides is 1. The number of halogens is 2. The molecule has 0 aliphatic carbocycles. The molecule has 18 heavy (non-hydrogen) atoms. The lowest BCUT2D eigenvalue weighted by Gasteiger charge is -2.06. The molecule has 0 amide bonds. The summed E-state index contributed by atoms with van der Waals surface area (Å²) in [6.07, 6.45) is 0. The van der Waals surface area contributed by atoms with Gasteiger partial charge in [-0.3, -0.25) is 0 Å². The van der Waals surface area contributed by atoms with Gasteiger partial charge in [0.2, 0.25) is 10.0 Å². The molecule has 0 fully saturated rings. The van der Waals surface area contributed by atoms with Crippen molar-refractivity contribution < 1.29 is 12.8 Å². The van der Waals surface area contributed by atoms with Gasteiger partial charge in [-0.25, -0.2) is 17.5 Å². The zero-order chi connectivity index (χ0) is 13.2. The smallest absolute Gasteiger partial charge is 0.207 e. The van der Waals surface area contributed by atoms with E-state index in [0.29, 0.717) is 0 Å². The minimum Gasteiger partial charge on any atom is -0.207 e. The highest BCUT2D eigenvalue weighted by molar-refractivity contribution is 7.89. The molecule has 1 N–H and O–H groups in total. The summed E-state index contributed by atoms with van der Waals surface area (Å²) in [5.41, 5.74) is 0.872. The molecule has 2 aromatic rings. The second kappa shape index (κ2) is 5.36. The molecule has 0 aliphatic rings. The molecule has 0 aliphatic heterocycles. The molecule has 0 atom stereocenters. The lowest BCUT2D eigenvalue weighted by Crippen LogP contribution is -2.23. The Morgan fingerprint density at radius 1 is 1.33 bits per heavy atom. The topological polar surface area (TPSA) is 46.2 Å². The van der Waals surface area contributed by atoms with Crippen molar-refractivity contribution in [3.63, 3.8) is 0 Å². The van der Waals surface area contributed by atoms with Gasteiger partial charge in [0.15, 0.2) is 0 Å². The zero-order valence-corrected chi connectivity index (χ0v) is 11.4. The molecule has 1 aromatic heterocycles. The minimum absolute atomic E-state index is 0.0517. The van der Waals surface area contributed by atoms with Crippen LogP contribution in [0, 0.1) is 5.82 Å². The van der Waals surface area contributed by atoms with Crippen LogP contribution in [0.5, 0.6) is 0 Å². The van der Waals surface area contributed by atoms with Crippen LogP contribution in [-0.2, 0) is 16.6 Å². The van der Waals surface area contributed by atoms with Crippen molar-refractivity contribution in [2.45, 2.75) is 11.4 Å².